The van der Waals surface area contributed by atoms with Gasteiger partial charge in [-0.05, 0) is 12.1 Å². The van der Waals surface area contributed by atoms with E-state index >= 15 is 0 Å². The Morgan fingerprint density at radius 2 is 1.84 bits per heavy atom. The highest BCUT2D eigenvalue weighted by atomic mass is 35.5. The third-order valence-corrected chi connectivity index (χ3v) is 3.87. The first kappa shape index (κ1) is 16.8. The van der Waals surface area contributed by atoms with E-state index < -0.39 is 0 Å². The van der Waals surface area contributed by atoms with Gasteiger partial charge in [0.25, 0.3) is 0 Å². The Morgan fingerprint density at radius 1 is 1.11 bits per heavy atom. The van der Waals surface area contributed by atoms with Crippen LogP contribution in [0.2, 0.25) is 0 Å². The van der Waals surface area contributed by atoms with Crippen LogP contribution in [-0.2, 0) is 9.47 Å². The fourth-order valence-electron chi connectivity index (χ4n) is 1.86. The van der Waals surface area contributed by atoms with E-state index in [1.807, 2.05) is 17.8 Å². The average molecular weight is 303 g/mol. The van der Waals surface area contributed by atoms with Crippen LogP contribution in [0.4, 0.5) is 0 Å². The summed E-state index contributed by atoms with van der Waals surface area (Å²) in [5, 5.41) is 0. The van der Waals surface area contributed by atoms with Crippen LogP contribution in [0.25, 0.3) is 0 Å². The first-order valence-electron chi connectivity index (χ1n) is 6.51. The molecule has 0 bridgehead atoms. The lowest BCUT2D eigenvalue weighted by atomic mass is 10.4. The molecular formula is C14H21ClNO2S-. The van der Waals surface area contributed by atoms with Crippen molar-refractivity contribution in [1.29, 1.82) is 0 Å². The summed E-state index contributed by atoms with van der Waals surface area (Å²) >= 11 is 1.85. The molecule has 0 N–H and O–H groups in total. The van der Waals surface area contributed by atoms with Gasteiger partial charge in [0.15, 0.2) is 0 Å². The monoisotopic (exact) mass is 302 g/mol. The van der Waals surface area contributed by atoms with Crippen molar-refractivity contribution in [3.05, 3.63) is 30.3 Å². The Labute approximate surface area is 126 Å². The number of hydrogen-bond donors (Lipinski definition) is 0. The van der Waals surface area contributed by atoms with Gasteiger partial charge in [0.05, 0.1) is 26.4 Å². The first-order chi connectivity index (χ1) is 8.95. The Kier molecular flexibility index (Phi) is 9.30. The molecule has 1 fully saturated rings. The van der Waals surface area contributed by atoms with Crippen LogP contribution in [-0.4, -0.2) is 56.7 Å². The van der Waals surface area contributed by atoms with Crippen LogP contribution in [0.3, 0.4) is 0 Å². The fraction of sp³-hybridized carbons (Fsp3) is 0.571. The quantitative estimate of drug-likeness (QED) is 0.482. The van der Waals surface area contributed by atoms with E-state index in [0.717, 1.165) is 51.8 Å². The molecule has 1 aromatic carbocycles. The summed E-state index contributed by atoms with van der Waals surface area (Å²) in [6, 6.07) is 10.5. The summed E-state index contributed by atoms with van der Waals surface area (Å²) in [7, 11) is 0. The Hall–Kier alpha value is -0.260. The summed E-state index contributed by atoms with van der Waals surface area (Å²) in [5.41, 5.74) is 0. The molecule has 0 unspecified atom stereocenters. The average Bonchev–Trinajstić information content (AvgIpc) is 2.45. The molecular weight excluding hydrogens is 282 g/mol. The van der Waals surface area contributed by atoms with Crippen LogP contribution < -0.4 is 12.4 Å². The van der Waals surface area contributed by atoms with Crippen LogP contribution in [0, 0.1) is 0 Å². The standard InChI is InChI=1S/C14H21NO2S.ClH/c1-2-4-14(5-3-1)18-13-12-17-11-8-15-6-9-16-10-7-15;/h1-5H,6-13H2;1H/p-1. The van der Waals surface area contributed by atoms with Gasteiger partial charge in [-0.3, -0.25) is 4.90 Å². The third kappa shape index (κ3) is 7.18. The molecule has 0 atom stereocenters. The number of morpholine rings is 1. The van der Waals surface area contributed by atoms with Gasteiger partial charge in [-0.2, -0.15) is 0 Å². The second-order valence-corrected chi connectivity index (χ2v) is 5.40. The number of thioether (sulfide) groups is 1. The summed E-state index contributed by atoms with van der Waals surface area (Å²) in [5.74, 6) is 1.02. The summed E-state index contributed by atoms with van der Waals surface area (Å²) < 4.78 is 11.0. The highest BCUT2D eigenvalue weighted by Crippen LogP contribution is 2.16. The van der Waals surface area contributed by atoms with Crippen molar-refractivity contribution in [2.45, 2.75) is 4.90 Å². The third-order valence-electron chi connectivity index (χ3n) is 2.90. The molecule has 0 spiro atoms. The van der Waals surface area contributed by atoms with Crippen LogP contribution in [0.5, 0.6) is 0 Å². The van der Waals surface area contributed by atoms with Gasteiger partial charge in [0.1, 0.15) is 0 Å². The zero-order valence-corrected chi connectivity index (χ0v) is 12.7. The number of ether oxygens (including phenoxy) is 2. The fourth-order valence-corrected chi connectivity index (χ4v) is 2.64. The minimum atomic E-state index is 0. The maximum Gasteiger partial charge on any atom is 0.0594 e. The molecule has 5 heteroatoms. The summed E-state index contributed by atoms with van der Waals surface area (Å²) in [4.78, 5) is 3.71. The summed E-state index contributed by atoms with van der Waals surface area (Å²) in [6.45, 7) is 6.50. The largest absolute Gasteiger partial charge is 1.00 e. The van der Waals surface area contributed by atoms with Crippen molar-refractivity contribution < 1.29 is 21.9 Å². The molecule has 0 amide bonds. The van der Waals surface area contributed by atoms with E-state index in [9.17, 15) is 0 Å². The van der Waals surface area contributed by atoms with Crippen molar-refractivity contribution in [3.8, 4) is 0 Å². The molecule has 108 valence electrons. The Morgan fingerprint density at radius 3 is 2.58 bits per heavy atom. The van der Waals surface area contributed by atoms with E-state index in [1.165, 1.54) is 4.90 Å². The zero-order chi connectivity index (χ0) is 12.5. The van der Waals surface area contributed by atoms with Gasteiger partial charge in [0.2, 0.25) is 0 Å². The van der Waals surface area contributed by atoms with Gasteiger partial charge < -0.3 is 21.9 Å². The molecule has 0 aromatic heterocycles. The van der Waals surface area contributed by atoms with Crippen molar-refractivity contribution in [1.82, 2.24) is 4.90 Å². The molecule has 0 radical (unpaired) electrons. The van der Waals surface area contributed by atoms with Crippen molar-refractivity contribution in [2.24, 2.45) is 0 Å². The lowest BCUT2D eigenvalue weighted by Gasteiger charge is -2.26. The molecule has 3 nitrogen and oxygen atoms in total. The lowest BCUT2D eigenvalue weighted by molar-refractivity contribution is -0.00000856. The van der Waals surface area contributed by atoms with Gasteiger partial charge in [-0.1, -0.05) is 18.2 Å². The minimum absolute atomic E-state index is 0. The van der Waals surface area contributed by atoms with Gasteiger partial charge >= 0.3 is 0 Å². The summed E-state index contributed by atoms with van der Waals surface area (Å²) in [6.07, 6.45) is 0. The molecule has 1 heterocycles. The molecule has 1 aliphatic heterocycles. The number of nitrogens with zero attached hydrogens (tertiary/aromatic N) is 1. The smallest absolute Gasteiger partial charge is 0.0594 e. The topological polar surface area (TPSA) is 21.7 Å². The van der Waals surface area contributed by atoms with Crippen molar-refractivity contribution in [2.75, 3.05) is 51.8 Å². The van der Waals surface area contributed by atoms with E-state index in [-0.39, 0.29) is 12.4 Å². The predicted octanol–water partition coefficient (Wildman–Crippen LogP) is -0.868. The normalized spacial score (nSPS) is 16.0. The first-order valence-corrected chi connectivity index (χ1v) is 7.49. The molecule has 2 rings (SSSR count). The number of halogens is 1. The van der Waals surface area contributed by atoms with E-state index in [4.69, 9.17) is 9.47 Å². The molecule has 1 aromatic rings. The molecule has 1 aliphatic rings. The lowest BCUT2D eigenvalue weighted by Crippen LogP contribution is -3.00. The Balaban J connectivity index is 0.00000180. The van der Waals surface area contributed by atoms with Crippen LogP contribution in [0.15, 0.2) is 35.2 Å². The van der Waals surface area contributed by atoms with Crippen molar-refractivity contribution >= 4 is 11.8 Å². The molecule has 19 heavy (non-hydrogen) atoms. The second-order valence-electron chi connectivity index (χ2n) is 4.23. The van der Waals surface area contributed by atoms with Gasteiger partial charge in [-0.15, -0.1) is 11.8 Å². The highest BCUT2D eigenvalue weighted by Gasteiger charge is 2.08. The molecule has 0 saturated carbocycles. The zero-order valence-electron chi connectivity index (χ0n) is 11.1. The second kappa shape index (κ2) is 10.5. The van der Waals surface area contributed by atoms with E-state index in [2.05, 4.69) is 29.2 Å². The van der Waals surface area contributed by atoms with Crippen molar-refractivity contribution in [3.63, 3.8) is 0 Å². The predicted molar refractivity (Wildman–Crippen MR) is 75.2 cm³/mol. The highest BCUT2D eigenvalue weighted by molar-refractivity contribution is 7.99. The Bertz CT molecular complexity index is 320. The number of hydrogen-bond acceptors (Lipinski definition) is 4. The van der Waals surface area contributed by atoms with E-state index in [1.54, 1.807) is 0 Å². The SMILES string of the molecule is [Cl-].c1ccc(SCCOCCN2CCOCC2)cc1. The van der Waals surface area contributed by atoms with Gasteiger partial charge in [0, 0.05) is 30.3 Å². The minimum Gasteiger partial charge on any atom is -1.00 e. The molecule has 1 saturated heterocycles. The maximum absolute atomic E-state index is 5.65. The number of benzene rings is 1. The van der Waals surface area contributed by atoms with Gasteiger partial charge in [-0.25, -0.2) is 0 Å². The van der Waals surface area contributed by atoms with Crippen LogP contribution >= 0.6 is 11.8 Å². The van der Waals surface area contributed by atoms with Crippen LogP contribution in [0.1, 0.15) is 0 Å². The maximum atomic E-state index is 5.65. The molecule has 0 aliphatic carbocycles. The van der Waals surface area contributed by atoms with E-state index in [0.29, 0.717) is 0 Å². The number of rotatable bonds is 7.